The first-order chi connectivity index (χ1) is 11.1. The van der Waals surface area contributed by atoms with Crippen LogP contribution in [0.15, 0.2) is 48.5 Å². The van der Waals surface area contributed by atoms with Crippen LogP contribution in [0.5, 0.6) is 5.75 Å². The molecule has 3 heteroatoms. The molecule has 0 atom stereocenters. The van der Waals surface area contributed by atoms with E-state index in [4.69, 9.17) is 4.74 Å². The van der Waals surface area contributed by atoms with Gasteiger partial charge in [0.2, 0.25) is 0 Å². The van der Waals surface area contributed by atoms with Crippen molar-refractivity contribution in [3.63, 3.8) is 0 Å². The zero-order valence-corrected chi connectivity index (χ0v) is 13.6. The lowest BCUT2D eigenvalue weighted by molar-refractivity contribution is -0.137. The maximum atomic E-state index is 11.4. The number of phenols is 1. The standard InChI is InChI=1S/C20H22O3/c1-3-6-15-7-5-8-17(13-15)18-14-16(9-11-19(18)21)10-12-20(22)23-4-2/h5,7-14,21H,3-4,6H2,1-2H3/b12-10+. The molecule has 2 aromatic rings. The quantitative estimate of drug-likeness (QED) is 0.627. The second-order valence-electron chi connectivity index (χ2n) is 5.31. The summed E-state index contributed by atoms with van der Waals surface area (Å²) < 4.78 is 4.87. The molecule has 0 aliphatic heterocycles. The summed E-state index contributed by atoms with van der Waals surface area (Å²) in [5, 5.41) is 10.2. The van der Waals surface area contributed by atoms with Crippen LogP contribution >= 0.6 is 0 Å². The van der Waals surface area contributed by atoms with Crippen molar-refractivity contribution in [2.75, 3.05) is 6.61 Å². The summed E-state index contributed by atoms with van der Waals surface area (Å²) in [6.07, 6.45) is 5.18. The minimum atomic E-state index is -0.368. The highest BCUT2D eigenvalue weighted by molar-refractivity contribution is 5.87. The Bertz CT molecular complexity index is 702. The van der Waals surface area contributed by atoms with Crippen molar-refractivity contribution in [1.29, 1.82) is 0 Å². The molecule has 0 aliphatic rings. The number of aromatic hydroxyl groups is 1. The molecule has 0 radical (unpaired) electrons. The Kier molecular flexibility index (Phi) is 5.98. The van der Waals surface area contributed by atoms with Gasteiger partial charge in [0.05, 0.1) is 6.61 Å². The average molecular weight is 310 g/mol. The van der Waals surface area contributed by atoms with E-state index in [0.29, 0.717) is 6.61 Å². The number of esters is 1. The van der Waals surface area contributed by atoms with Gasteiger partial charge in [-0.25, -0.2) is 4.79 Å². The smallest absolute Gasteiger partial charge is 0.330 e. The van der Waals surface area contributed by atoms with Gasteiger partial charge in [0.1, 0.15) is 5.75 Å². The lowest BCUT2D eigenvalue weighted by Gasteiger charge is -2.08. The first-order valence-electron chi connectivity index (χ1n) is 7.91. The summed E-state index contributed by atoms with van der Waals surface area (Å²) in [6, 6.07) is 13.5. The number of hydrogen-bond acceptors (Lipinski definition) is 3. The molecule has 1 N–H and O–H groups in total. The first kappa shape index (κ1) is 16.8. The summed E-state index contributed by atoms with van der Waals surface area (Å²) in [5.41, 5.74) is 3.82. The average Bonchev–Trinajstić information content (AvgIpc) is 2.55. The van der Waals surface area contributed by atoms with Crippen molar-refractivity contribution in [2.45, 2.75) is 26.7 Å². The van der Waals surface area contributed by atoms with Gasteiger partial charge in [-0.05, 0) is 48.2 Å². The Morgan fingerprint density at radius 1 is 1.17 bits per heavy atom. The van der Waals surface area contributed by atoms with E-state index in [0.717, 1.165) is 29.5 Å². The number of phenolic OH excluding ortho intramolecular Hbond substituents is 1. The molecule has 2 rings (SSSR count). The fourth-order valence-corrected chi connectivity index (χ4v) is 2.43. The molecule has 120 valence electrons. The molecule has 0 spiro atoms. The fraction of sp³-hybridized carbons (Fsp3) is 0.250. The Hall–Kier alpha value is -2.55. The number of aryl methyl sites for hydroxylation is 1. The molecule has 0 aliphatic carbocycles. The predicted molar refractivity (Wildman–Crippen MR) is 93.2 cm³/mol. The van der Waals surface area contributed by atoms with E-state index >= 15 is 0 Å². The van der Waals surface area contributed by atoms with Gasteiger partial charge in [-0.3, -0.25) is 0 Å². The van der Waals surface area contributed by atoms with Gasteiger partial charge in [-0.2, -0.15) is 0 Å². The van der Waals surface area contributed by atoms with Crippen LogP contribution in [-0.4, -0.2) is 17.7 Å². The molecular formula is C20H22O3. The minimum absolute atomic E-state index is 0.229. The van der Waals surface area contributed by atoms with Crippen LogP contribution in [0.4, 0.5) is 0 Å². The van der Waals surface area contributed by atoms with Crippen LogP contribution in [0.1, 0.15) is 31.4 Å². The number of benzene rings is 2. The maximum Gasteiger partial charge on any atom is 0.330 e. The summed E-state index contributed by atoms with van der Waals surface area (Å²) >= 11 is 0. The van der Waals surface area contributed by atoms with Crippen LogP contribution in [0.2, 0.25) is 0 Å². The van der Waals surface area contributed by atoms with E-state index in [-0.39, 0.29) is 11.7 Å². The van der Waals surface area contributed by atoms with E-state index in [1.807, 2.05) is 18.2 Å². The summed E-state index contributed by atoms with van der Waals surface area (Å²) in [4.78, 5) is 11.4. The van der Waals surface area contributed by atoms with Crippen LogP contribution in [0, 0.1) is 0 Å². The van der Waals surface area contributed by atoms with Gasteiger partial charge in [-0.1, -0.05) is 43.7 Å². The largest absolute Gasteiger partial charge is 0.507 e. The highest BCUT2D eigenvalue weighted by Gasteiger charge is 2.06. The Morgan fingerprint density at radius 2 is 2.00 bits per heavy atom. The lowest BCUT2D eigenvalue weighted by atomic mass is 9.98. The number of hydrogen-bond donors (Lipinski definition) is 1. The van der Waals surface area contributed by atoms with Gasteiger partial charge in [0, 0.05) is 11.6 Å². The Balaban J connectivity index is 2.30. The van der Waals surface area contributed by atoms with E-state index < -0.39 is 0 Å². The van der Waals surface area contributed by atoms with Crippen LogP contribution in [-0.2, 0) is 16.0 Å². The van der Waals surface area contributed by atoms with Crippen molar-refractivity contribution >= 4 is 12.0 Å². The van der Waals surface area contributed by atoms with Crippen molar-refractivity contribution in [2.24, 2.45) is 0 Å². The van der Waals surface area contributed by atoms with E-state index in [2.05, 4.69) is 19.1 Å². The van der Waals surface area contributed by atoms with Crippen LogP contribution in [0.3, 0.4) is 0 Å². The number of ether oxygens (including phenoxy) is 1. The molecule has 23 heavy (non-hydrogen) atoms. The summed E-state index contributed by atoms with van der Waals surface area (Å²) in [7, 11) is 0. The molecule has 0 amide bonds. The normalized spacial score (nSPS) is 10.9. The van der Waals surface area contributed by atoms with E-state index in [1.54, 1.807) is 25.1 Å². The fourth-order valence-electron chi connectivity index (χ4n) is 2.43. The summed E-state index contributed by atoms with van der Waals surface area (Å²) in [5.74, 6) is -0.140. The number of carbonyl (C=O) groups is 1. The van der Waals surface area contributed by atoms with Gasteiger partial charge >= 0.3 is 5.97 Å². The minimum Gasteiger partial charge on any atom is -0.507 e. The van der Waals surface area contributed by atoms with Crippen LogP contribution in [0.25, 0.3) is 17.2 Å². The van der Waals surface area contributed by atoms with Gasteiger partial charge in [0.25, 0.3) is 0 Å². The second kappa shape index (κ2) is 8.18. The van der Waals surface area contributed by atoms with Crippen molar-refractivity contribution in [1.82, 2.24) is 0 Å². The molecule has 0 aromatic heterocycles. The van der Waals surface area contributed by atoms with Gasteiger partial charge in [0.15, 0.2) is 0 Å². The first-order valence-corrected chi connectivity index (χ1v) is 7.91. The molecule has 0 bridgehead atoms. The highest BCUT2D eigenvalue weighted by atomic mass is 16.5. The zero-order valence-electron chi connectivity index (χ0n) is 13.6. The maximum absolute atomic E-state index is 11.4. The second-order valence-corrected chi connectivity index (χ2v) is 5.31. The van der Waals surface area contributed by atoms with Crippen molar-refractivity contribution in [3.8, 4) is 16.9 Å². The molecule has 0 saturated heterocycles. The number of carbonyl (C=O) groups excluding carboxylic acids is 1. The van der Waals surface area contributed by atoms with Crippen molar-refractivity contribution < 1.29 is 14.6 Å². The van der Waals surface area contributed by atoms with Crippen LogP contribution < -0.4 is 0 Å². The molecule has 0 unspecified atom stereocenters. The molecule has 3 nitrogen and oxygen atoms in total. The molecule has 0 saturated carbocycles. The van der Waals surface area contributed by atoms with Gasteiger partial charge in [-0.15, -0.1) is 0 Å². The van der Waals surface area contributed by atoms with Crippen molar-refractivity contribution in [3.05, 3.63) is 59.7 Å². The molecule has 0 fully saturated rings. The lowest BCUT2D eigenvalue weighted by Crippen LogP contribution is -1.98. The topological polar surface area (TPSA) is 46.5 Å². The third kappa shape index (κ3) is 4.71. The van der Waals surface area contributed by atoms with E-state index in [9.17, 15) is 9.90 Å². The third-order valence-electron chi connectivity index (χ3n) is 3.50. The summed E-state index contributed by atoms with van der Waals surface area (Å²) in [6.45, 7) is 4.27. The SMILES string of the molecule is CCCc1cccc(-c2cc(/C=C/C(=O)OCC)ccc2O)c1. The van der Waals surface area contributed by atoms with Gasteiger partial charge < -0.3 is 9.84 Å². The third-order valence-corrected chi connectivity index (χ3v) is 3.50. The molecule has 0 heterocycles. The highest BCUT2D eigenvalue weighted by Crippen LogP contribution is 2.31. The molecule has 2 aromatic carbocycles. The number of rotatable bonds is 6. The van der Waals surface area contributed by atoms with E-state index in [1.165, 1.54) is 11.6 Å². The monoisotopic (exact) mass is 310 g/mol. The predicted octanol–water partition coefficient (Wildman–Crippen LogP) is 4.59. The molecular weight excluding hydrogens is 288 g/mol. The Morgan fingerprint density at radius 3 is 2.74 bits per heavy atom. The Labute approximate surface area is 137 Å². The zero-order chi connectivity index (χ0) is 16.7.